The molecule has 0 aliphatic rings. The van der Waals surface area contributed by atoms with Gasteiger partial charge >= 0.3 is 5.97 Å². The summed E-state index contributed by atoms with van der Waals surface area (Å²) in [6, 6.07) is 23.8. The number of rotatable bonds is 2. The molecule has 116 valence electrons. The lowest BCUT2D eigenvalue weighted by Gasteiger charge is -2.16. The first-order valence-corrected chi connectivity index (χ1v) is 7.90. The maximum atomic E-state index is 11.9. The molecule has 2 heteroatoms. The monoisotopic (exact) mass is 312 g/mol. The van der Waals surface area contributed by atoms with Gasteiger partial charge in [0.25, 0.3) is 0 Å². The van der Waals surface area contributed by atoms with Gasteiger partial charge in [-0.1, -0.05) is 66.7 Å². The smallest absolute Gasteiger partial charge is 0.336 e. The third kappa shape index (κ3) is 2.16. The summed E-state index contributed by atoms with van der Waals surface area (Å²) in [6.45, 7) is 2.04. The fourth-order valence-electron chi connectivity index (χ4n) is 3.43. The van der Waals surface area contributed by atoms with Crippen LogP contribution in [-0.2, 0) is 0 Å². The molecule has 0 aliphatic heterocycles. The summed E-state index contributed by atoms with van der Waals surface area (Å²) in [5, 5.41) is 14.0. The van der Waals surface area contributed by atoms with E-state index in [1.165, 1.54) is 0 Å². The van der Waals surface area contributed by atoms with Crippen molar-refractivity contribution in [3.05, 3.63) is 83.9 Å². The lowest BCUT2D eigenvalue weighted by molar-refractivity contribution is 0.0698. The van der Waals surface area contributed by atoms with Crippen LogP contribution in [0.4, 0.5) is 0 Å². The maximum Gasteiger partial charge on any atom is 0.336 e. The molecule has 0 heterocycles. The van der Waals surface area contributed by atoms with Crippen molar-refractivity contribution in [1.82, 2.24) is 0 Å². The highest BCUT2D eigenvalue weighted by Crippen LogP contribution is 2.38. The van der Waals surface area contributed by atoms with Gasteiger partial charge in [0.15, 0.2) is 0 Å². The minimum absolute atomic E-state index is 0.341. The highest BCUT2D eigenvalue weighted by Gasteiger charge is 2.18. The number of aryl methyl sites for hydroxylation is 1. The normalized spacial score (nSPS) is 11.0. The number of aromatic carboxylic acids is 1. The van der Waals surface area contributed by atoms with E-state index in [-0.39, 0.29) is 0 Å². The van der Waals surface area contributed by atoms with Gasteiger partial charge < -0.3 is 5.11 Å². The molecule has 0 aromatic heterocycles. The van der Waals surface area contributed by atoms with E-state index in [1.807, 2.05) is 49.4 Å². The van der Waals surface area contributed by atoms with Crippen LogP contribution in [0.5, 0.6) is 0 Å². The third-order valence-electron chi connectivity index (χ3n) is 4.55. The Labute approximate surface area is 140 Å². The first-order valence-electron chi connectivity index (χ1n) is 7.90. The molecule has 0 saturated heterocycles. The van der Waals surface area contributed by atoms with Crippen LogP contribution < -0.4 is 0 Å². The summed E-state index contributed by atoms with van der Waals surface area (Å²) >= 11 is 0. The maximum absolute atomic E-state index is 11.9. The minimum atomic E-state index is -0.900. The standard InChI is InChI=1S/C22H16O2/c1-14-10-11-15-6-2-4-8-17(15)20(14)21-18-9-5-3-7-16(18)12-13-19(21)22(23)24/h2-13H,1H3,(H,23,24). The van der Waals surface area contributed by atoms with Crippen molar-refractivity contribution in [1.29, 1.82) is 0 Å². The second kappa shape index (κ2) is 5.50. The Morgan fingerprint density at radius 3 is 1.88 bits per heavy atom. The lowest BCUT2D eigenvalue weighted by Crippen LogP contribution is -2.01. The van der Waals surface area contributed by atoms with Gasteiger partial charge in [-0.05, 0) is 45.7 Å². The van der Waals surface area contributed by atoms with Crippen molar-refractivity contribution in [3.8, 4) is 11.1 Å². The van der Waals surface area contributed by atoms with E-state index in [2.05, 4.69) is 24.3 Å². The van der Waals surface area contributed by atoms with Crippen LogP contribution in [0.25, 0.3) is 32.7 Å². The van der Waals surface area contributed by atoms with Gasteiger partial charge in [-0.15, -0.1) is 0 Å². The zero-order valence-electron chi connectivity index (χ0n) is 13.3. The van der Waals surface area contributed by atoms with Crippen molar-refractivity contribution in [3.63, 3.8) is 0 Å². The van der Waals surface area contributed by atoms with Gasteiger partial charge in [0, 0.05) is 5.56 Å². The predicted octanol–water partition coefficient (Wildman–Crippen LogP) is 5.67. The predicted molar refractivity (Wildman–Crippen MR) is 98.6 cm³/mol. The van der Waals surface area contributed by atoms with E-state index in [1.54, 1.807) is 6.07 Å². The Hall–Kier alpha value is -3.13. The molecule has 4 aromatic carbocycles. The number of hydrogen-bond donors (Lipinski definition) is 1. The molecule has 0 fully saturated rings. The summed E-state index contributed by atoms with van der Waals surface area (Å²) in [6.07, 6.45) is 0. The summed E-state index contributed by atoms with van der Waals surface area (Å²) in [7, 11) is 0. The molecule has 0 radical (unpaired) electrons. The highest BCUT2D eigenvalue weighted by molar-refractivity contribution is 6.13. The van der Waals surface area contributed by atoms with Crippen LogP contribution in [-0.4, -0.2) is 11.1 Å². The van der Waals surface area contributed by atoms with E-state index in [0.29, 0.717) is 5.56 Å². The summed E-state index contributed by atoms with van der Waals surface area (Å²) in [5.41, 5.74) is 3.22. The Balaban J connectivity index is 2.23. The average Bonchev–Trinajstić information content (AvgIpc) is 2.61. The van der Waals surface area contributed by atoms with E-state index in [9.17, 15) is 9.90 Å². The van der Waals surface area contributed by atoms with Gasteiger partial charge in [0.05, 0.1) is 5.56 Å². The highest BCUT2D eigenvalue weighted by atomic mass is 16.4. The van der Waals surface area contributed by atoms with Crippen LogP contribution in [0.3, 0.4) is 0 Å². The van der Waals surface area contributed by atoms with Gasteiger partial charge in [-0.2, -0.15) is 0 Å². The molecule has 0 amide bonds. The van der Waals surface area contributed by atoms with Gasteiger partial charge in [0.2, 0.25) is 0 Å². The number of carbonyl (C=O) groups is 1. The zero-order valence-corrected chi connectivity index (χ0v) is 13.3. The zero-order chi connectivity index (χ0) is 16.7. The molecule has 2 nitrogen and oxygen atoms in total. The Kier molecular flexibility index (Phi) is 3.31. The molecule has 0 unspecified atom stereocenters. The van der Waals surface area contributed by atoms with Crippen LogP contribution in [0.15, 0.2) is 72.8 Å². The number of fused-ring (bicyclic) bond motifs is 2. The van der Waals surface area contributed by atoms with Crippen LogP contribution in [0.1, 0.15) is 15.9 Å². The van der Waals surface area contributed by atoms with Crippen molar-refractivity contribution >= 4 is 27.5 Å². The number of carboxylic acid groups (broad SMARTS) is 1. The quantitative estimate of drug-likeness (QED) is 0.518. The fraction of sp³-hybridized carbons (Fsp3) is 0.0455. The van der Waals surface area contributed by atoms with Crippen molar-refractivity contribution in [2.75, 3.05) is 0 Å². The van der Waals surface area contributed by atoms with Gasteiger partial charge in [-0.3, -0.25) is 0 Å². The van der Waals surface area contributed by atoms with Crippen molar-refractivity contribution in [2.45, 2.75) is 6.92 Å². The number of hydrogen-bond acceptors (Lipinski definition) is 1. The largest absolute Gasteiger partial charge is 0.478 e. The summed E-state index contributed by atoms with van der Waals surface area (Å²) in [5.74, 6) is -0.900. The van der Waals surface area contributed by atoms with Gasteiger partial charge in [0.1, 0.15) is 0 Å². The Bertz CT molecular complexity index is 1090. The molecule has 1 N–H and O–H groups in total. The first kappa shape index (κ1) is 14.5. The summed E-state index contributed by atoms with van der Waals surface area (Å²) in [4.78, 5) is 11.9. The molecule has 4 rings (SSSR count). The topological polar surface area (TPSA) is 37.3 Å². The van der Waals surface area contributed by atoms with Crippen molar-refractivity contribution < 1.29 is 9.90 Å². The van der Waals surface area contributed by atoms with E-state index < -0.39 is 5.97 Å². The van der Waals surface area contributed by atoms with E-state index in [4.69, 9.17) is 0 Å². The minimum Gasteiger partial charge on any atom is -0.478 e. The van der Waals surface area contributed by atoms with Gasteiger partial charge in [-0.25, -0.2) is 4.79 Å². The molecule has 24 heavy (non-hydrogen) atoms. The molecule has 4 aromatic rings. The van der Waals surface area contributed by atoms with Crippen molar-refractivity contribution in [2.24, 2.45) is 0 Å². The molecule has 0 aliphatic carbocycles. The SMILES string of the molecule is Cc1ccc2ccccc2c1-c1c(C(=O)O)ccc2ccccc12. The molecular weight excluding hydrogens is 296 g/mol. The van der Waals surface area contributed by atoms with Crippen LogP contribution in [0.2, 0.25) is 0 Å². The molecule has 0 spiro atoms. The number of benzene rings is 4. The molecular formula is C22H16O2. The molecule has 0 bridgehead atoms. The van der Waals surface area contributed by atoms with E-state index >= 15 is 0 Å². The molecule has 0 atom stereocenters. The average molecular weight is 312 g/mol. The first-order chi connectivity index (χ1) is 11.7. The fourth-order valence-corrected chi connectivity index (χ4v) is 3.43. The Morgan fingerprint density at radius 1 is 0.708 bits per heavy atom. The van der Waals surface area contributed by atoms with Crippen LogP contribution >= 0.6 is 0 Å². The number of carboxylic acids is 1. The van der Waals surface area contributed by atoms with E-state index in [0.717, 1.165) is 38.2 Å². The lowest BCUT2D eigenvalue weighted by atomic mass is 9.87. The van der Waals surface area contributed by atoms with Crippen LogP contribution in [0, 0.1) is 6.92 Å². The molecule has 0 saturated carbocycles. The second-order valence-electron chi connectivity index (χ2n) is 5.99. The third-order valence-corrected chi connectivity index (χ3v) is 4.55. The summed E-state index contributed by atoms with van der Waals surface area (Å²) < 4.78 is 0. The Morgan fingerprint density at radius 2 is 1.25 bits per heavy atom. The second-order valence-corrected chi connectivity index (χ2v) is 5.99.